The van der Waals surface area contributed by atoms with Crippen molar-refractivity contribution in [3.8, 4) is 0 Å². The molecule has 0 saturated carbocycles. The Hall–Kier alpha value is -1.95. The lowest BCUT2D eigenvalue weighted by atomic mass is 10.3. The molecule has 1 saturated heterocycles. The van der Waals surface area contributed by atoms with E-state index >= 15 is 0 Å². The second-order valence-corrected chi connectivity index (χ2v) is 5.42. The van der Waals surface area contributed by atoms with Crippen LogP contribution in [0.25, 0.3) is 5.65 Å². The van der Waals surface area contributed by atoms with Crippen molar-refractivity contribution in [2.24, 2.45) is 0 Å². The van der Waals surface area contributed by atoms with Crippen LogP contribution >= 0.6 is 0 Å². The highest BCUT2D eigenvalue weighted by atomic mass is 16.2. The maximum absolute atomic E-state index is 12.7. The highest BCUT2D eigenvalue weighted by Gasteiger charge is 2.23. The van der Waals surface area contributed by atoms with Gasteiger partial charge in [-0.15, -0.1) is 0 Å². The molecule has 0 atom stereocenters. The van der Waals surface area contributed by atoms with E-state index < -0.39 is 0 Å². The molecular weight excluding hydrogens is 266 g/mol. The number of hydrogen-bond acceptors (Lipinski definition) is 4. The Balaban J connectivity index is 1.77. The van der Waals surface area contributed by atoms with E-state index in [0.717, 1.165) is 45.6 Å². The largest absolute Gasteiger partial charge is 0.336 e. The molecule has 2 aromatic heterocycles. The van der Waals surface area contributed by atoms with Gasteiger partial charge in [0.2, 0.25) is 0 Å². The molecule has 6 heteroatoms. The summed E-state index contributed by atoms with van der Waals surface area (Å²) in [6.07, 6.45) is 9.16. The van der Waals surface area contributed by atoms with E-state index in [9.17, 15) is 4.79 Å². The van der Waals surface area contributed by atoms with Crippen molar-refractivity contribution >= 4 is 11.6 Å². The Kier molecular flexibility index (Phi) is 4.15. The zero-order chi connectivity index (χ0) is 14.7. The normalized spacial score (nSPS) is 17.1. The van der Waals surface area contributed by atoms with E-state index in [0.29, 0.717) is 11.3 Å². The summed E-state index contributed by atoms with van der Waals surface area (Å²) in [7, 11) is 0. The topological polar surface area (TPSA) is 53.7 Å². The molecule has 1 aliphatic heterocycles. The van der Waals surface area contributed by atoms with E-state index in [2.05, 4.69) is 21.8 Å². The van der Waals surface area contributed by atoms with Gasteiger partial charge in [0.25, 0.3) is 5.91 Å². The van der Waals surface area contributed by atoms with Gasteiger partial charge >= 0.3 is 0 Å². The third-order valence-corrected chi connectivity index (χ3v) is 3.93. The summed E-state index contributed by atoms with van der Waals surface area (Å²) >= 11 is 0. The molecule has 1 fully saturated rings. The Bertz CT molecular complexity index is 623. The number of nitrogens with zero attached hydrogens (tertiary/aromatic N) is 5. The summed E-state index contributed by atoms with van der Waals surface area (Å²) < 4.78 is 1.83. The predicted molar refractivity (Wildman–Crippen MR) is 80.2 cm³/mol. The zero-order valence-corrected chi connectivity index (χ0v) is 12.4. The zero-order valence-electron chi connectivity index (χ0n) is 12.4. The lowest BCUT2D eigenvalue weighted by Crippen LogP contribution is -2.36. The minimum atomic E-state index is -0.00912. The van der Waals surface area contributed by atoms with E-state index in [1.54, 1.807) is 12.4 Å². The molecule has 112 valence electrons. The second-order valence-electron chi connectivity index (χ2n) is 5.42. The highest BCUT2D eigenvalue weighted by Crippen LogP contribution is 2.11. The molecule has 21 heavy (non-hydrogen) atoms. The Morgan fingerprint density at radius 2 is 1.95 bits per heavy atom. The van der Waals surface area contributed by atoms with Crippen LogP contribution in [-0.4, -0.2) is 62.8 Å². The van der Waals surface area contributed by atoms with Crippen LogP contribution in [-0.2, 0) is 0 Å². The molecule has 0 aromatic carbocycles. The standard InChI is InChI=1S/C15H21N5O/c1-2-6-18-7-3-8-20(12-11-18)15(21)13-14-17-5-10-19(14)9-4-16-13/h4-5,9-10H,2-3,6-8,11-12H2,1H3. The Labute approximate surface area is 124 Å². The summed E-state index contributed by atoms with van der Waals surface area (Å²) in [4.78, 5) is 25.6. The van der Waals surface area contributed by atoms with Gasteiger partial charge in [0, 0.05) is 44.4 Å². The molecule has 0 N–H and O–H groups in total. The van der Waals surface area contributed by atoms with Crippen LogP contribution in [0.1, 0.15) is 30.3 Å². The van der Waals surface area contributed by atoms with Gasteiger partial charge < -0.3 is 14.2 Å². The number of imidazole rings is 1. The molecule has 1 aliphatic rings. The number of rotatable bonds is 3. The van der Waals surface area contributed by atoms with Crippen LogP contribution in [0.5, 0.6) is 0 Å². The number of carbonyl (C=O) groups excluding carboxylic acids is 1. The highest BCUT2D eigenvalue weighted by molar-refractivity contribution is 5.97. The molecule has 0 radical (unpaired) electrons. The molecule has 2 aromatic rings. The van der Waals surface area contributed by atoms with Crippen LogP contribution in [0.3, 0.4) is 0 Å². The van der Waals surface area contributed by atoms with Crippen LogP contribution in [0.15, 0.2) is 24.8 Å². The van der Waals surface area contributed by atoms with Gasteiger partial charge in [-0.1, -0.05) is 6.92 Å². The van der Waals surface area contributed by atoms with E-state index in [-0.39, 0.29) is 5.91 Å². The van der Waals surface area contributed by atoms with Crippen LogP contribution in [0, 0.1) is 0 Å². The fourth-order valence-electron chi connectivity index (χ4n) is 2.87. The molecule has 0 unspecified atom stereocenters. The Morgan fingerprint density at radius 3 is 2.76 bits per heavy atom. The molecule has 0 bridgehead atoms. The van der Waals surface area contributed by atoms with Crippen molar-refractivity contribution < 1.29 is 4.79 Å². The smallest absolute Gasteiger partial charge is 0.276 e. The number of carbonyl (C=O) groups is 1. The monoisotopic (exact) mass is 287 g/mol. The number of aromatic nitrogens is 3. The maximum Gasteiger partial charge on any atom is 0.276 e. The minimum Gasteiger partial charge on any atom is -0.336 e. The van der Waals surface area contributed by atoms with Gasteiger partial charge in [0.05, 0.1) is 0 Å². The molecule has 0 spiro atoms. The maximum atomic E-state index is 12.7. The van der Waals surface area contributed by atoms with Gasteiger partial charge in [0.15, 0.2) is 11.3 Å². The van der Waals surface area contributed by atoms with Crippen molar-refractivity contribution in [2.75, 3.05) is 32.7 Å². The number of fused-ring (bicyclic) bond motifs is 1. The van der Waals surface area contributed by atoms with Crippen LogP contribution in [0.2, 0.25) is 0 Å². The van der Waals surface area contributed by atoms with Crippen molar-refractivity contribution in [1.82, 2.24) is 24.2 Å². The fourth-order valence-corrected chi connectivity index (χ4v) is 2.87. The molecule has 3 heterocycles. The van der Waals surface area contributed by atoms with Crippen molar-refractivity contribution in [1.29, 1.82) is 0 Å². The van der Waals surface area contributed by atoms with E-state index in [1.807, 2.05) is 21.7 Å². The van der Waals surface area contributed by atoms with Gasteiger partial charge in [0.1, 0.15) is 0 Å². The third-order valence-electron chi connectivity index (χ3n) is 3.93. The lowest BCUT2D eigenvalue weighted by molar-refractivity contribution is 0.0757. The average molecular weight is 287 g/mol. The first-order valence-electron chi connectivity index (χ1n) is 7.59. The molecular formula is C15H21N5O. The molecule has 1 amide bonds. The molecule has 3 rings (SSSR count). The predicted octanol–water partition coefficient (Wildman–Crippen LogP) is 1.29. The van der Waals surface area contributed by atoms with Crippen molar-refractivity contribution in [3.05, 3.63) is 30.5 Å². The Morgan fingerprint density at radius 1 is 1.14 bits per heavy atom. The molecule has 0 aliphatic carbocycles. The van der Waals surface area contributed by atoms with Crippen LogP contribution in [0.4, 0.5) is 0 Å². The minimum absolute atomic E-state index is 0.00912. The number of hydrogen-bond donors (Lipinski definition) is 0. The SMILES string of the molecule is CCCN1CCCN(C(=O)c2nccn3ccnc23)CC1. The van der Waals surface area contributed by atoms with E-state index in [4.69, 9.17) is 0 Å². The summed E-state index contributed by atoms with van der Waals surface area (Å²) in [5.41, 5.74) is 1.09. The van der Waals surface area contributed by atoms with Crippen molar-refractivity contribution in [2.45, 2.75) is 19.8 Å². The summed E-state index contributed by atoms with van der Waals surface area (Å²) in [6.45, 7) is 6.87. The fraction of sp³-hybridized carbons (Fsp3) is 0.533. The molecule has 6 nitrogen and oxygen atoms in total. The summed E-state index contributed by atoms with van der Waals surface area (Å²) in [5, 5.41) is 0. The van der Waals surface area contributed by atoms with Crippen molar-refractivity contribution in [3.63, 3.8) is 0 Å². The second kappa shape index (κ2) is 6.22. The first-order chi connectivity index (χ1) is 10.3. The third kappa shape index (κ3) is 2.90. The van der Waals surface area contributed by atoms with Gasteiger partial charge in [-0.05, 0) is 25.9 Å². The number of amides is 1. The summed E-state index contributed by atoms with van der Waals surface area (Å²) in [5.74, 6) is -0.00912. The van der Waals surface area contributed by atoms with Gasteiger partial charge in [-0.2, -0.15) is 0 Å². The quantitative estimate of drug-likeness (QED) is 0.853. The first-order valence-corrected chi connectivity index (χ1v) is 7.59. The van der Waals surface area contributed by atoms with E-state index in [1.165, 1.54) is 0 Å². The first kappa shape index (κ1) is 14.0. The summed E-state index contributed by atoms with van der Waals surface area (Å²) in [6, 6.07) is 0. The average Bonchev–Trinajstić information content (AvgIpc) is 2.86. The van der Waals surface area contributed by atoms with Gasteiger partial charge in [-0.25, -0.2) is 9.97 Å². The van der Waals surface area contributed by atoms with Gasteiger partial charge in [-0.3, -0.25) is 4.79 Å². The lowest BCUT2D eigenvalue weighted by Gasteiger charge is -2.21. The van der Waals surface area contributed by atoms with Crippen LogP contribution < -0.4 is 0 Å².